The molecule has 0 aromatic rings. The van der Waals surface area contributed by atoms with Crippen LogP contribution < -0.4 is 0 Å². The Morgan fingerprint density at radius 1 is 0.938 bits per heavy atom. The van der Waals surface area contributed by atoms with Gasteiger partial charge in [0.25, 0.3) is 0 Å². The fourth-order valence-corrected chi connectivity index (χ4v) is 1.97. The lowest BCUT2D eigenvalue weighted by Crippen LogP contribution is -2.09. The van der Waals surface area contributed by atoms with Gasteiger partial charge in [-0.2, -0.15) is 0 Å². The van der Waals surface area contributed by atoms with Gasteiger partial charge in [0.05, 0.1) is 0 Å². The molecule has 2 aliphatic carbocycles. The quantitative estimate of drug-likeness (QED) is 0.692. The molecule has 0 spiro atoms. The minimum absolute atomic E-state index is 1.06. The third-order valence-electron chi connectivity index (χ3n) is 3.03. The highest BCUT2D eigenvalue weighted by Crippen LogP contribution is 2.24. The zero-order valence-electron chi connectivity index (χ0n) is 10.3. The maximum Gasteiger partial charge on any atom is 0.0172 e. The van der Waals surface area contributed by atoms with E-state index in [0.29, 0.717) is 0 Å². The van der Waals surface area contributed by atoms with Gasteiger partial charge >= 0.3 is 0 Å². The molecule has 16 heavy (non-hydrogen) atoms. The first-order valence-electron chi connectivity index (χ1n) is 5.76. The number of hydrogen-bond acceptors (Lipinski definition) is 1. The maximum atomic E-state index is 2.24. The minimum atomic E-state index is 1.06. The molecule has 1 nitrogen and oxygen atoms in total. The van der Waals surface area contributed by atoms with Gasteiger partial charge in [-0.05, 0) is 30.6 Å². The lowest BCUT2D eigenvalue weighted by Gasteiger charge is -2.13. The number of nitrogens with zero attached hydrogens (tertiary/aromatic N) is 1. The smallest absolute Gasteiger partial charge is 0.0172 e. The summed E-state index contributed by atoms with van der Waals surface area (Å²) in [6.07, 6.45) is 15.5. The van der Waals surface area contributed by atoms with Crippen LogP contribution in [-0.2, 0) is 0 Å². The van der Waals surface area contributed by atoms with Crippen LogP contribution in [0.1, 0.15) is 19.8 Å². The van der Waals surface area contributed by atoms with Gasteiger partial charge in [0.1, 0.15) is 0 Å². The van der Waals surface area contributed by atoms with E-state index in [9.17, 15) is 0 Å². The Bertz CT molecular complexity index is 428. The highest BCUT2D eigenvalue weighted by Gasteiger charge is 2.07. The van der Waals surface area contributed by atoms with Gasteiger partial charge in [0, 0.05) is 26.2 Å². The summed E-state index contributed by atoms with van der Waals surface area (Å²) >= 11 is 0. The molecule has 0 aliphatic heterocycles. The van der Waals surface area contributed by atoms with Crippen LogP contribution in [0.25, 0.3) is 0 Å². The highest BCUT2D eigenvalue weighted by atomic mass is 15.1. The summed E-state index contributed by atoms with van der Waals surface area (Å²) in [6, 6.07) is 0. The first-order chi connectivity index (χ1) is 7.65. The Morgan fingerprint density at radius 2 is 1.56 bits per heavy atom. The van der Waals surface area contributed by atoms with Gasteiger partial charge in [-0.3, -0.25) is 0 Å². The normalized spacial score (nSPS) is 19.7. The van der Waals surface area contributed by atoms with Crippen LogP contribution in [0.15, 0.2) is 58.9 Å². The van der Waals surface area contributed by atoms with E-state index in [1.54, 1.807) is 0 Å². The monoisotopic (exact) mass is 213 g/mol. The fourth-order valence-electron chi connectivity index (χ4n) is 1.97. The van der Waals surface area contributed by atoms with Crippen molar-refractivity contribution in [2.75, 3.05) is 14.1 Å². The Labute approximate surface area is 98.1 Å². The Balaban J connectivity index is 1.88. The Morgan fingerprint density at radius 3 is 2.06 bits per heavy atom. The summed E-state index contributed by atoms with van der Waals surface area (Å²) in [4.78, 5) is 2.18. The molecule has 0 fully saturated rings. The predicted octanol–water partition coefficient (Wildman–Crippen LogP) is 3.59. The van der Waals surface area contributed by atoms with E-state index in [-0.39, 0.29) is 0 Å². The highest BCUT2D eigenvalue weighted by molar-refractivity contribution is 5.42. The summed E-state index contributed by atoms with van der Waals surface area (Å²) < 4.78 is 0. The molecule has 0 saturated heterocycles. The van der Waals surface area contributed by atoms with Gasteiger partial charge in [0.2, 0.25) is 0 Å². The van der Waals surface area contributed by atoms with Crippen LogP contribution in [0.4, 0.5) is 0 Å². The van der Waals surface area contributed by atoms with Crippen molar-refractivity contribution in [2.45, 2.75) is 19.8 Å². The number of allylic oxidation sites excluding steroid dienone is 9. The molecule has 0 aromatic carbocycles. The Hall–Kier alpha value is -1.50. The van der Waals surface area contributed by atoms with E-state index < -0.39 is 0 Å². The molecule has 0 heterocycles. The predicted molar refractivity (Wildman–Crippen MR) is 70.1 cm³/mol. The molecular weight excluding hydrogens is 194 g/mol. The minimum Gasteiger partial charge on any atom is -0.381 e. The average Bonchev–Trinajstić information content (AvgIpc) is 2.83. The van der Waals surface area contributed by atoms with Gasteiger partial charge < -0.3 is 4.90 Å². The first-order valence-corrected chi connectivity index (χ1v) is 5.76. The molecule has 0 unspecified atom stereocenters. The SMILES string of the molecule is CC1=CC=C(C=CC2=CC=C(N(C)C)C2)C1. The van der Waals surface area contributed by atoms with Gasteiger partial charge in [-0.1, -0.05) is 36.0 Å². The van der Waals surface area contributed by atoms with Gasteiger partial charge in [-0.15, -0.1) is 0 Å². The van der Waals surface area contributed by atoms with Crippen molar-refractivity contribution in [3.63, 3.8) is 0 Å². The zero-order valence-corrected chi connectivity index (χ0v) is 10.3. The molecule has 0 aromatic heterocycles. The molecule has 0 saturated carbocycles. The topological polar surface area (TPSA) is 3.24 Å². The molecule has 84 valence electrons. The molecule has 0 N–H and O–H groups in total. The number of rotatable bonds is 3. The second-order valence-corrected chi connectivity index (χ2v) is 4.74. The molecule has 2 rings (SSSR count). The largest absolute Gasteiger partial charge is 0.381 e. The molecule has 0 amide bonds. The summed E-state index contributed by atoms with van der Waals surface area (Å²) in [6.45, 7) is 2.18. The molecule has 1 heteroatoms. The van der Waals surface area contributed by atoms with Crippen LogP contribution in [0.2, 0.25) is 0 Å². The molecule has 0 atom stereocenters. The van der Waals surface area contributed by atoms with E-state index in [1.807, 2.05) is 0 Å². The lowest BCUT2D eigenvalue weighted by molar-refractivity contribution is 0.503. The standard InChI is InChI=1S/C15H19N/c1-12-4-5-13(10-12)6-7-14-8-9-15(11-14)16(2)3/h4-9H,10-11H2,1-3H3. The van der Waals surface area contributed by atoms with Crippen molar-refractivity contribution in [1.29, 1.82) is 0 Å². The second kappa shape index (κ2) is 4.56. The number of hydrogen-bond donors (Lipinski definition) is 0. The van der Waals surface area contributed by atoms with E-state index in [1.165, 1.54) is 22.4 Å². The van der Waals surface area contributed by atoms with E-state index in [2.05, 4.69) is 62.4 Å². The Kier molecular flexibility index (Phi) is 3.14. The van der Waals surface area contributed by atoms with Crippen molar-refractivity contribution >= 4 is 0 Å². The van der Waals surface area contributed by atoms with Crippen molar-refractivity contribution in [3.05, 3.63) is 58.9 Å². The second-order valence-electron chi connectivity index (χ2n) is 4.74. The summed E-state index contributed by atoms with van der Waals surface area (Å²) in [7, 11) is 4.19. The van der Waals surface area contributed by atoms with Crippen molar-refractivity contribution in [1.82, 2.24) is 4.90 Å². The lowest BCUT2D eigenvalue weighted by atomic mass is 10.1. The molecule has 0 radical (unpaired) electrons. The van der Waals surface area contributed by atoms with E-state index in [4.69, 9.17) is 0 Å². The third kappa shape index (κ3) is 2.54. The maximum absolute atomic E-state index is 2.24. The van der Waals surface area contributed by atoms with Crippen molar-refractivity contribution < 1.29 is 0 Å². The van der Waals surface area contributed by atoms with Crippen LogP contribution in [0.5, 0.6) is 0 Å². The van der Waals surface area contributed by atoms with Crippen LogP contribution in [-0.4, -0.2) is 19.0 Å². The third-order valence-corrected chi connectivity index (χ3v) is 3.03. The van der Waals surface area contributed by atoms with Crippen LogP contribution >= 0.6 is 0 Å². The van der Waals surface area contributed by atoms with Crippen LogP contribution in [0.3, 0.4) is 0 Å². The zero-order chi connectivity index (χ0) is 11.5. The first kappa shape index (κ1) is 11.0. The van der Waals surface area contributed by atoms with Crippen molar-refractivity contribution in [2.24, 2.45) is 0 Å². The van der Waals surface area contributed by atoms with Crippen LogP contribution in [0, 0.1) is 0 Å². The average molecular weight is 213 g/mol. The molecule has 0 bridgehead atoms. The summed E-state index contributed by atoms with van der Waals surface area (Å²) in [5, 5.41) is 0. The molecule has 2 aliphatic rings. The summed E-state index contributed by atoms with van der Waals surface area (Å²) in [5.74, 6) is 0. The van der Waals surface area contributed by atoms with E-state index >= 15 is 0 Å². The van der Waals surface area contributed by atoms with Gasteiger partial charge in [-0.25, -0.2) is 0 Å². The van der Waals surface area contributed by atoms with Crippen molar-refractivity contribution in [3.8, 4) is 0 Å². The molecular formula is C15H19N. The summed E-state index contributed by atoms with van der Waals surface area (Å²) in [5.41, 5.74) is 5.65. The van der Waals surface area contributed by atoms with Gasteiger partial charge in [0.15, 0.2) is 0 Å². The fraction of sp³-hybridized carbons (Fsp3) is 0.333. The van der Waals surface area contributed by atoms with E-state index in [0.717, 1.165) is 12.8 Å².